The molecular weight excluding hydrogens is 368 g/mol. The molecule has 0 amide bonds. The lowest BCUT2D eigenvalue weighted by atomic mass is 9.92. The minimum Gasteiger partial charge on any atom is -0.358 e. The van der Waals surface area contributed by atoms with Gasteiger partial charge in [0.05, 0.1) is 0 Å². The monoisotopic (exact) mass is 390 g/mol. The fourth-order valence-corrected chi connectivity index (χ4v) is 3.65. The number of nitrogens with zero attached hydrogens (tertiary/aromatic N) is 4. The lowest BCUT2D eigenvalue weighted by Crippen LogP contribution is -2.39. The van der Waals surface area contributed by atoms with Crippen molar-refractivity contribution < 1.29 is 0 Å². The van der Waals surface area contributed by atoms with Crippen LogP contribution in [-0.4, -0.2) is 33.2 Å². The van der Waals surface area contributed by atoms with E-state index in [1.54, 1.807) is 12.4 Å². The summed E-state index contributed by atoms with van der Waals surface area (Å²) in [5.74, 6) is 2.50. The normalized spacial score (nSPS) is 19.9. The number of hydrogen-bond acceptors (Lipinski definition) is 5. The summed E-state index contributed by atoms with van der Waals surface area (Å²) >= 11 is 11.5. The van der Waals surface area contributed by atoms with Crippen molar-refractivity contribution in [3.8, 4) is 0 Å². The predicted octanol–water partition coefficient (Wildman–Crippen LogP) is 3.49. The van der Waals surface area contributed by atoms with Crippen molar-refractivity contribution in [1.82, 2.24) is 20.3 Å². The quantitative estimate of drug-likeness (QED) is 0.611. The van der Waals surface area contributed by atoms with E-state index in [1.165, 1.54) is 6.42 Å². The average molecular weight is 391 g/mol. The number of piperidine rings is 1. The molecule has 8 heteroatoms. The van der Waals surface area contributed by atoms with Crippen LogP contribution < -0.4 is 15.5 Å². The number of rotatable bonds is 4. The lowest BCUT2D eigenvalue weighted by Gasteiger charge is -2.35. The van der Waals surface area contributed by atoms with Gasteiger partial charge in [-0.3, -0.25) is 4.98 Å². The zero-order chi connectivity index (χ0) is 18.5. The summed E-state index contributed by atoms with van der Waals surface area (Å²) in [4.78, 5) is 15.2. The van der Waals surface area contributed by atoms with Gasteiger partial charge in [0, 0.05) is 38.1 Å². The first-order valence-electron chi connectivity index (χ1n) is 8.73. The van der Waals surface area contributed by atoms with Crippen molar-refractivity contribution in [3.63, 3.8) is 0 Å². The highest BCUT2D eigenvalue weighted by Gasteiger charge is 2.23. The van der Waals surface area contributed by atoms with Gasteiger partial charge in [0.1, 0.15) is 11.0 Å². The average Bonchev–Trinajstić information content (AvgIpc) is 2.59. The Kier molecular flexibility index (Phi) is 6.21. The van der Waals surface area contributed by atoms with Gasteiger partial charge >= 0.3 is 0 Å². The van der Waals surface area contributed by atoms with E-state index in [0.29, 0.717) is 34.6 Å². The Morgan fingerprint density at radius 2 is 2.08 bits per heavy atom. The standard InChI is InChI=1S/C18H23ClN6S/c1-12-6-13(2)11-25(10-12)16-7-15(19)22-17(23-16)24-18(26)21-9-14-4-3-5-20-8-14/h3-5,7-8,12-13H,6,9-11H2,1-2H3,(H2,21,22,23,24,26). The van der Waals surface area contributed by atoms with Crippen LogP contribution in [0.15, 0.2) is 30.6 Å². The Labute approximate surface area is 164 Å². The van der Waals surface area contributed by atoms with Gasteiger partial charge in [0.15, 0.2) is 5.11 Å². The maximum absolute atomic E-state index is 6.21. The van der Waals surface area contributed by atoms with Gasteiger partial charge in [0.2, 0.25) is 5.95 Å². The molecule has 0 saturated carbocycles. The Bertz CT molecular complexity index is 747. The van der Waals surface area contributed by atoms with E-state index in [2.05, 4.69) is 44.3 Å². The zero-order valence-corrected chi connectivity index (χ0v) is 16.5. The highest BCUT2D eigenvalue weighted by Crippen LogP contribution is 2.27. The largest absolute Gasteiger partial charge is 0.358 e. The van der Waals surface area contributed by atoms with E-state index in [4.69, 9.17) is 23.8 Å². The molecule has 1 saturated heterocycles. The maximum atomic E-state index is 6.21. The molecule has 6 nitrogen and oxygen atoms in total. The first kappa shape index (κ1) is 18.8. The van der Waals surface area contributed by atoms with Crippen LogP contribution in [0.5, 0.6) is 0 Å². The molecule has 2 unspecified atom stereocenters. The molecule has 2 N–H and O–H groups in total. The summed E-state index contributed by atoms with van der Waals surface area (Å²) < 4.78 is 0. The molecule has 2 aromatic heterocycles. The highest BCUT2D eigenvalue weighted by atomic mass is 35.5. The Balaban J connectivity index is 1.64. The second-order valence-corrected chi connectivity index (χ2v) is 7.69. The predicted molar refractivity (Wildman–Crippen MR) is 109 cm³/mol. The molecule has 0 aromatic carbocycles. The van der Waals surface area contributed by atoms with E-state index in [1.807, 2.05) is 18.2 Å². The summed E-state index contributed by atoms with van der Waals surface area (Å²) in [6, 6.07) is 5.68. The summed E-state index contributed by atoms with van der Waals surface area (Å²) in [6.07, 6.45) is 4.77. The Hall–Kier alpha value is -1.99. The molecule has 0 radical (unpaired) electrons. The Morgan fingerprint density at radius 3 is 2.77 bits per heavy atom. The minimum atomic E-state index is 0.401. The summed E-state index contributed by atoms with van der Waals surface area (Å²) in [5.41, 5.74) is 1.04. The van der Waals surface area contributed by atoms with E-state index < -0.39 is 0 Å². The van der Waals surface area contributed by atoms with Crippen LogP contribution in [0, 0.1) is 11.8 Å². The van der Waals surface area contributed by atoms with E-state index in [-0.39, 0.29) is 0 Å². The number of thiocarbonyl (C=S) groups is 1. The van der Waals surface area contributed by atoms with Gasteiger partial charge in [-0.1, -0.05) is 31.5 Å². The molecule has 138 valence electrons. The molecule has 0 aliphatic carbocycles. The van der Waals surface area contributed by atoms with Gasteiger partial charge in [-0.15, -0.1) is 0 Å². The van der Waals surface area contributed by atoms with Crippen molar-refractivity contribution in [1.29, 1.82) is 0 Å². The van der Waals surface area contributed by atoms with Gasteiger partial charge in [0.25, 0.3) is 0 Å². The highest BCUT2D eigenvalue weighted by molar-refractivity contribution is 7.80. The smallest absolute Gasteiger partial charge is 0.232 e. The van der Waals surface area contributed by atoms with Gasteiger partial charge in [-0.05, 0) is 42.1 Å². The number of anilines is 2. The fraction of sp³-hybridized carbons (Fsp3) is 0.444. The van der Waals surface area contributed by atoms with E-state index in [9.17, 15) is 0 Å². The molecule has 1 aliphatic rings. The van der Waals surface area contributed by atoms with Gasteiger partial charge in [-0.2, -0.15) is 4.98 Å². The van der Waals surface area contributed by atoms with Crippen LogP contribution >= 0.6 is 23.8 Å². The Morgan fingerprint density at radius 1 is 1.31 bits per heavy atom. The van der Waals surface area contributed by atoms with Crippen LogP contribution in [0.25, 0.3) is 0 Å². The second kappa shape index (κ2) is 8.60. The summed E-state index contributed by atoms with van der Waals surface area (Å²) in [5, 5.41) is 6.99. The number of aromatic nitrogens is 3. The van der Waals surface area contributed by atoms with E-state index >= 15 is 0 Å². The third kappa shape index (κ3) is 5.25. The molecule has 0 spiro atoms. The zero-order valence-electron chi connectivity index (χ0n) is 14.9. The van der Waals surface area contributed by atoms with Crippen molar-refractivity contribution in [2.24, 2.45) is 11.8 Å². The van der Waals surface area contributed by atoms with Crippen molar-refractivity contribution in [3.05, 3.63) is 41.3 Å². The molecule has 3 rings (SSSR count). The van der Waals surface area contributed by atoms with Crippen LogP contribution in [0.2, 0.25) is 5.15 Å². The summed E-state index contributed by atoms with van der Waals surface area (Å²) in [7, 11) is 0. The minimum absolute atomic E-state index is 0.401. The van der Waals surface area contributed by atoms with Gasteiger partial charge in [-0.25, -0.2) is 4.98 Å². The molecule has 2 atom stereocenters. The molecule has 1 fully saturated rings. The molecule has 1 aliphatic heterocycles. The number of hydrogen-bond donors (Lipinski definition) is 2. The van der Waals surface area contributed by atoms with Crippen LogP contribution in [-0.2, 0) is 6.54 Å². The topological polar surface area (TPSA) is 66.0 Å². The SMILES string of the molecule is CC1CC(C)CN(c2cc(Cl)nc(NC(=S)NCc3cccnc3)n2)C1. The molecule has 26 heavy (non-hydrogen) atoms. The number of nitrogens with one attached hydrogen (secondary N) is 2. The summed E-state index contributed by atoms with van der Waals surface area (Å²) in [6.45, 7) is 7.06. The van der Waals surface area contributed by atoms with Crippen LogP contribution in [0.1, 0.15) is 25.8 Å². The van der Waals surface area contributed by atoms with Crippen molar-refractivity contribution in [2.75, 3.05) is 23.3 Å². The molecule has 3 heterocycles. The third-order valence-electron chi connectivity index (χ3n) is 4.28. The second-order valence-electron chi connectivity index (χ2n) is 6.89. The first-order valence-corrected chi connectivity index (χ1v) is 9.51. The lowest BCUT2D eigenvalue weighted by molar-refractivity contribution is 0.355. The number of halogens is 1. The van der Waals surface area contributed by atoms with E-state index in [0.717, 1.165) is 24.5 Å². The maximum Gasteiger partial charge on any atom is 0.232 e. The molecular formula is C18H23ClN6S. The number of pyridine rings is 1. The van der Waals surface area contributed by atoms with Crippen LogP contribution in [0.3, 0.4) is 0 Å². The molecule has 0 bridgehead atoms. The van der Waals surface area contributed by atoms with Crippen molar-refractivity contribution >= 4 is 40.7 Å². The fourth-order valence-electron chi connectivity index (χ4n) is 3.30. The van der Waals surface area contributed by atoms with Crippen LogP contribution in [0.4, 0.5) is 11.8 Å². The van der Waals surface area contributed by atoms with Crippen molar-refractivity contribution in [2.45, 2.75) is 26.8 Å². The molecule has 2 aromatic rings. The third-order valence-corrected chi connectivity index (χ3v) is 4.72. The first-order chi connectivity index (χ1) is 12.5. The van der Waals surface area contributed by atoms with Gasteiger partial charge < -0.3 is 15.5 Å².